The average molecular weight is 474 g/mol. The van der Waals surface area contributed by atoms with Crippen molar-refractivity contribution in [2.75, 3.05) is 5.75 Å². The number of ketones is 1. The van der Waals surface area contributed by atoms with E-state index in [1.807, 2.05) is 19.1 Å². The molecule has 0 fully saturated rings. The molecule has 3 aromatic heterocycles. The minimum atomic E-state index is -3.73. The highest BCUT2D eigenvalue weighted by Crippen LogP contribution is 2.26. The van der Waals surface area contributed by atoms with Crippen molar-refractivity contribution < 1.29 is 13.2 Å². The summed E-state index contributed by atoms with van der Waals surface area (Å²) in [6, 6.07) is 11.5. The summed E-state index contributed by atoms with van der Waals surface area (Å²) in [7, 11) is -3.73. The van der Waals surface area contributed by atoms with Gasteiger partial charge in [-0.05, 0) is 48.4 Å². The number of nitrogens with zero attached hydrogens (tertiary/aromatic N) is 2. The number of Topliss-reactive ketones (excluding diaryl/α,β-unsaturated/α-hetero) is 1. The average Bonchev–Trinajstić information content (AvgIpc) is 3.16. The smallest absolute Gasteiger partial charge is 0.217 e. The van der Waals surface area contributed by atoms with Crippen LogP contribution in [0.1, 0.15) is 11.1 Å². The van der Waals surface area contributed by atoms with E-state index in [2.05, 4.69) is 15.2 Å². The van der Waals surface area contributed by atoms with E-state index in [-0.39, 0.29) is 21.8 Å². The molecule has 158 valence electrons. The number of carbonyl (C=O) groups excluding carboxylic acids is 1. The lowest BCUT2D eigenvalue weighted by Gasteiger charge is -2.05. The van der Waals surface area contributed by atoms with Crippen molar-refractivity contribution in [2.24, 2.45) is 0 Å². The van der Waals surface area contributed by atoms with Gasteiger partial charge in [-0.3, -0.25) is 19.7 Å². The number of nitrogens with one attached hydrogen (secondary N) is 1. The first-order chi connectivity index (χ1) is 14.7. The van der Waals surface area contributed by atoms with Crippen LogP contribution in [0.2, 0.25) is 4.34 Å². The fourth-order valence-corrected chi connectivity index (χ4v) is 5.92. The number of aromatic nitrogens is 3. The number of H-pyrrole nitrogens is 1. The maximum atomic E-state index is 12.7. The van der Waals surface area contributed by atoms with Gasteiger partial charge >= 0.3 is 0 Å². The van der Waals surface area contributed by atoms with E-state index in [1.165, 1.54) is 18.3 Å². The van der Waals surface area contributed by atoms with Crippen LogP contribution in [0.3, 0.4) is 0 Å². The molecule has 0 aliphatic heterocycles. The Balaban J connectivity index is 1.52. The van der Waals surface area contributed by atoms with Crippen molar-refractivity contribution in [1.29, 1.82) is 0 Å². The minimum Gasteiger partial charge on any atom is -0.298 e. The summed E-state index contributed by atoms with van der Waals surface area (Å²) < 4.78 is 25.1. The summed E-state index contributed by atoms with van der Waals surface area (Å²) in [6.07, 6.45) is 1.36. The zero-order chi connectivity index (χ0) is 22.2. The molecule has 0 bridgehead atoms. The topological polar surface area (TPSA) is 110 Å². The Morgan fingerprint density at radius 1 is 1.16 bits per heavy atom. The van der Waals surface area contributed by atoms with Crippen LogP contribution in [0.25, 0.3) is 22.3 Å². The molecular formula is C21H16ClN3O4S2. The molecule has 10 heteroatoms. The maximum Gasteiger partial charge on any atom is 0.217 e. The largest absolute Gasteiger partial charge is 0.298 e. The van der Waals surface area contributed by atoms with Gasteiger partial charge in [-0.15, -0.1) is 11.3 Å². The zero-order valence-electron chi connectivity index (χ0n) is 16.3. The predicted molar refractivity (Wildman–Crippen MR) is 120 cm³/mol. The van der Waals surface area contributed by atoms with E-state index >= 15 is 0 Å². The SMILES string of the molecule is Cc1ccc2c(=O)c(-c3ccc(CC(=O)CS(=O)(=O)c4ccc(Cl)s4)cn3)n[nH]c2c1. The van der Waals surface area contributed by atoms with Crippen LogP contribution in [-0.4, -0.2) is 35.1 Å². The highest BCUT2D eigenvalue weighted by atomic mass is 35.5. The van der Waals surface area contributed by atoms with Gasteiger partial charge in [0.25, 0.3) is 0 Å². The molecule has 0 aliphatic carbocycles. The Morgan fingerprint density at radius 3 is 2.65 bits per heavy atom. The van der Waals surface area contributed by atoms with Crippen molar-refractivity contribution in [3.8, 4) is 11.4 Å². The molecule has 0 atom stereocenters. The molecule has 0 unspecified atom stereocenters. The van der Waals surface area contributed by atoms with E-state index in [4.69, 9.17) is 11.6 Å². The summed E-state index contributed by atoms with van der Waals surface area (Å²) in [5, 5.41) is 7.52. The molecule has 1 N–H and O–H groups in total. The van der Waals surface area contributed by atoms with Gasteiger partial charge in [-0.25, -0.2) is 8.42 Å². The van der Waals surface area contributed by atoms with Crippen LogP contribution in [0, 0.1) is 6.92 Å². The van der Waals surface area contributed by atoms with Crippen molar-refractivity contribution >= 4 is 49.5 Å². The number of sulfone groups is 1. The Hall–Kier alpha value is -2.88. The molecule has 0 spiro atoms. The minimum absolute atomic E-state index is 0.0659. The second-order valence-corrected chi connectivity index (χ2v) is 11.0. The van der Waals surface area contributed by atoms with Crippen molar-refractivity contribution in [2.45, 2.75) is 17.6 Å². The van der Waals surface area contributed by atoms with E-state index in [9.17, 15) is 18.0 Å². The highest BCUT2D eigenvalue weighted by Gasteiger charge is 2.21. The van der Waals surface area contributed by atoms with Crippen LogP contribution < -0.4 is 5.43 Å². The first kappa shape index (κ1) is 21.4. The number of hydrogen-bond acceptors (Lipinski definition) is 7. The Labute approximate surface area is 186 Å². The standard InChI is InChI=1S/C21H16ClN3O4S2/c1-12-2-4-15-17(8-12)24-25-20(21(15)27)16-5-3-13(10-23-16)9-14(26)11-31(28,29)19-7-6-18(22)30-19/h2-8,10H,9,11H2,1H3,(H,24,27). The van der Waals surface area contributed by atoms with Crippen molar-refractivity contribution in [3.05, 3.63) is 74.3 Å². The lowest BCUT2D eigenvalue weighted by molar-refractivity contribution is -0.116. The van der Waals surface area contributed by atoms with Crippen LogP contribution in [-0.2, 0) is 21.1 Å². The Kier molecular flexibility index (Phi) is 5.74. The number of fused-ring (bicyclic) bond motifs is 1. The second kappa shape index (κ2) is 8.33. The van der Waals surface area contributed by atoms with E-state index in [0.29, 0.717) is 26.5 Å². The second-order valence-electron chi connectivity index (χ2n) is 7.04. The molecule has 3 heterocycles. The molecule has 4 rings (SSSR count). The molecule has 4 aromatic rings. The summed E-state index contributed by atoms with van der Waals surface area (Å²) in [5.74, 6) is -1.08. The predicted octanol–water partition coefficient (Wildman–Crippen LogP) is 3.59. The Bertz CT molecular complexity index is 1460. The van der Waals surface area contributed by atoms with Gasteiger partial charge < -0.3 is 0 Å². The maximum absolute atomic E-state index is 12.7. The lowest BCUT2D eigenvalue weighted by Crippen LogP contribution is -2.17. The van der Waals surface area contributed by atoms with Crippen LogP contribution in [0.15, 0.2) is 57.7 Å². The van der Waals surface area contributed by atoms with Gasteiger partial charge in [-0.1, -0.05) is 23.7 Å². The van der Waals surface area contributed by atoms with E-state index in [0.717, 1.165) is 16.9 Å². The monoisotopic (exact) mass is 473 g/mol. The summed E-state index contributed by atoms with van der Waals surface area (Å²) >= 11 is 6.70. The summed E-state index contributed by atoms with van der Waals surface area (Å²) in [5.41, 5.74) is 2.48. The summed E-state index contributed by atoms with van der Waals surface area (Å²) in [6.45, 7) is 1.92. The van der Waals surface area contributed by atoms with E-state index in [1.54, 1.807) is 18.2 Å². The molecule has 0 amide bonds. The van der Waals surface area contributed by atoms with Crippen LogP contribution in [0.4, 0.5) is 0 Å². The normalized spacial score (nSPS) is 11.7. The number of rotatable bonds is 6. The quantitative estimate of drug-likeness (QED) is 0.458. The molecule has 0 aliphatic rings. The van der Waals surface area contributed by atoms with Crippen molar-refractivity contribution in [1.82, 2.24) is 15.2 Å². The van der Waals surface area contributed by atoms with Gasteiger partial charge in [0.2, 0.25) is 5.43 Å². The molecule has 31 heavy (non-hydrogen) atoms. The zero-order valence-corrected chi connectivity index (χ0v) is 18.6. The van der Waals surface area contributed by atoms with Gasteiger partial charge in [0.05, 0.1) is 15.5 Å². The van der Waals surface area contributed by atoms with E-state index < -0.39 is 21.4 Å². The molecule has 7 nitrogen and oxygen atoms in total. The van der Waals surface area contributed by atoms with Gasteiger partial charge in [0.15, 0.2) is 21.3 Å². The molecule has 0 saturated carbocycles. The fourth-order valence-electron chi connectivity index (χ4n) is 3.11. The number of hydrogen-bond donors (Lipinski definition) is 1. The third-order valence-corrected chi connectivity index (χ3v) is 8.09. The molecular weight excluding hydrogens is 458 g/mol. The fraction of sp³-hybridized carbons (Fsp3) is 0.143. The number of aromatic amines is 1. The number of carbonyl (C=O) groups is 1. The Morgan fingerprint density at radius 2 is 1.97 bits per heavy atom. The molecule has 0 saturated heterocycles. The lowest BCUT2D eigenvalue weighted by atomic mass is 10.1. The number of halogens is 1. The van der Waals surface area contributed by atoms with Crippen LogP contribution >= 0.6 is 22.9 Å². The summed E-state index contributed by atoms with van der Waals surface area (Å²) in [4.78, 5) is 29.3. The van der Waals surface area contributed by atoms with Crippen LogP contribution in [0.5, 0.6) is 0 Å². The number of benzene rings is 1. The highest BCUT2D eigenvalue weighted by molar-refractivity contribution is 7.94. The van der Waals surface area contributed by atoms with Crippen molar-refractivity contribution in [3.63, 3.8) is 0 Å². The molecule has 1 aromatic carbocycles. The third kappa shape index (κ3) is 4.58. The van der Waals surface area contributed by atoms with Gasteiger partial charge in [-0.2, -0.15) is 5.10 Å². The first-order valence-electron chi connectivity index (χ1n) is 9.17. The third-order valence-electron chi connectivity index (χ3n) is 4.60. The number of thiophene rings is 1. The first-order valence-corrected chi connectivity index (χ1v) is 12.0. The van der Waals surface area contributed by atoms with Gasteiger partial charge in [0.1, 0.15) is 9.96 Å². The number of pyridine rings is 1. The number of aryl methyl sites for hydroxylation is 1. The molecule has 0 radical (unpaired) electrons. The van der Waals surface area contributed by atoms with Gasteiger partial charge in [0, 0.05) is 18.0 Å².